The van der Waals surface area contributed by atoms with Crippen LogP contribution in [0.15, 0.2) is 30.3 Å². The number of hydrogen-bond acceptors (Lipinski definition) is 4. The SMILES string of the molecule is COC(=O)CC(C)(O)CCOCc1ccccc1. The lowest BCUT2D eigenvalue weighted by Crippen LogP contribution is -2.30. The van der Waals surface area contributed by atoms with E-state index >= 15 is 0 Å². The van der Waals surface area contributed by atoms with Crippen LogP contribution in [-0.2, 0) is 20.9 Å². The molecule has 0 radical (unpaired) electrons. The normalized spacial score (nSPS) is 13.9. The van der Waals surface area contributed by atoms with Crippen LogP contribution in [0.4, 0.5) is 0 Å². The number of carbonyl (C=O) groups excluding carboxylic acids is 1. The van der Waals surface area contributed by atoms with Gasteiger partial charge in [-0.05, 0) is 18.9 Å². The summed E-state index contributed by atoms with van der Waals surface area (Å²) in [6.45, 7) is 2.52. The van der Waals surface area contributed by atoms with Gasteiger partial charge >= 0.3 is 5.97 Å². The summed E-state index contributed by atoms with van der Waals surface area (Å²) in [6.07, 6.45) is 0.382. The van der Waals surface area contributed by atoms with Crippen molar-refractivity contribution >= 4 is 5.97 Å². The molecule has 1 rings (SSSR count). The molecule has 1 aromatic carbocycles. The fraction of sp³-hybridized carbons (Fsp3) is 0.500. The van der Waals surface area contributed by atoms with Crippen molar-refractivity contribution in [2.45, 2.75) is 32.0 Å². The van der Waals surface area contributed by atoms with E-state index in [9.17, 15) is 9.90 Å². The van der Waals surface area contributed by atoms with Crippen LogP contribution in [0.2, 0.25) is 0 Å². The standard InChI is InChI=1S/C14H20O4/c1-14(16,10-13(15)17-2)8-9-18-11-12-6-4-3-5-7-12/h3-7,16H,8-11H2,1-2H3. The number of esters is 1. The number of ether oxygens (including phenoxy) is 2. The summed E-state index contributed by atoms with van der Waals surface area (Å²) in [5.74, 6) is -0.414. The Hall–Kier alpha value is -1.39. The first-order valence-electron chi connectivity index (χ1n) is 5.94. The van der Waals surface area contributed by atoms with Crippen molar-refractivity contribution in [1.29, 1.82) is 0 Å². The van der Waals surface area contributed by atoms with Crippen molar-refractivity contribution in [1.82, 2.24) is 0 Å². The van der Waals surface area contributed by atoms with Gasteiger partial charge in [-0.15, -0.1) is 0 Å². The molecule has 0 saturated carbocycles. The second-order valence-corrected chi connectivity index (χ2v) is 4.54. The Morgan fingerprint density at radius 3 is 2.61 bits per heavy atom. The molecule has 1 N–H and O–H groups in total. The van der Waals surface area contributed by atoms with Gasteiger partial charge < -0.3 is 14.6 Å². The molecule has 0 heterocycles. The van der Waals surface area contributed by atoms with Crippen LogP contribution in [0.25, 0.3) is 0 Å². The third-order valence-corrected chi connectivity index (χ3v) is 2.65. The third kappa shape index (κ3) is 5.80. The molecule has 0 saturated heterocycles. The Labute approximate surface area is 108 Å². The summed E-state index contributed by atoms with van der Waals surface area (Å²) in [5.41, 5.74) is 0.00848. The molecule has 100 valence electrons. The summed E-state index contributed by atoms with van der Waals surface area (Å²) in [4.78, 5) is 11.1. The highest BCUT2D eigenvalue weighted by Crippen LogP contribution is 2.15. The first kappa shape index (κ1) is 14.7. The topological polar surface area (TPSA) is 55.8 Å². The Bertz CT molecular complexity index is 359. The van der Waals surface area contributed by atoms with E-state index in [4.69, 9.17) is 4.74 Å². The molecule has 4 heteroatoms. The summed E-state index contributed by atoms with van der Waals surface area (Å²) in [6, 6.07) is 9.81. The molecule has 18 heavy (non-hydrogen) atoms. The first-order valence-corrected chi connectivity index (χ1v) is 5.94. The van der Waals surface area contributed by atoms with Crippen molar-refractivity contribution in [3.63, 3.8) is 0 Å². The monoisotopic (exact) mass is 252 g/mol. The maximum atomic E-state index is 11.1. The number of hydrogen-bond donors (Lipinski definition) is 1. The average molecular weight is 252 g/mol. The second kappa shape index (κ2) is 7.13. The van der Waals surface area contributed by atoms with Gasteiger partial charge in [0, 0.05) is 6.61 Å². The van der Waals surface area contributed by atoms with Crippen LogP contribution in [0.1, 0.15) is 25.3 Å². The van der Waals surface area contributed by atoms with Crippen LogP contribution in [-0.4, -0.2) is 30.4 Å². The van der Waals surface area contributed by atoms with E-state index in [-0.39, 0.29) is 6.42 Å². The molecule has 0 fully saturated rings. The Morgan fingerprint density at radius 2 is 2.00 bits per heavy atom. The maximum absolute atomic E-state index is 11.1. The maximum Gasteiger partial charge on any atom is 0.308 e. The van der Waals surface area contributed by atoms with Gasteiger partial charge in [0.25, 0.3) is 0 Å². The van der Waals surface area contributed by atoms with Gasteiger partial charge in [-0.3, -0.25) is 4.79 Å². The molecule has 0 spiro atoms. The molecule has 1 atom stereocenters. The molecule has 0 amide bonds. The first-order chi connectivity index (χ1) is 8.53. The summed E-state index contributed by atoms with van der Waals surface area (Å²) in [7, 11) is 1.31. The third-order valence-electron chi connectivity index (χ3n) is 2.65. The van der Waals surface area contributed by atoms with E-state index in [0.29, 0.717) is 19.6 Å². The zero-order valence-corrected chi connectivity index (χ0v) is 10.9. The van der Waals surface area contributed by atoms with E-state index in [2.05, 4.69) is 4.74 Å². The zero-order chi connectivity index (χ0) is 13.4. The van der Waals surface area contributed by atoms with Crippen LogP contribution < -0.4 is 0 Å². The molecule has 4 nitrogen and oxygen atoms in total. The van der Waals surface area contributed by atoms with E-state index < -0.39 is 11.6 Å². The van der Waals surface area contributed by atoms with Crippen LogP contribution in [0.3, 0.4) is 0 Å². The molecular formula is C14H20O4. The quantitative estimate of drug-likeness (QED) is 0.595. The summed E-state index contributed by atoms with van der Waals surface area (Å²) >= 11 is 0. The van der Waals surface area contributed by atoms with Gasteiger partial charge in [-0.1, -0.05) is 30.3 Å². The highest BCUT2D eigenvalue weighted by Gasteiger charge is 2.24. The van der Waals surface area contributed by atoms with Crippen molar-refractivity contribution in [3.05, 3.63) is 35.9 Å². The number of carbonyl (C=O) groups is 1. The Kier molecular flexibility index (Phi) is 5.82. The fourth-order valence-electron chi connectivity index (χ4n) is 1.53. The molecule has 0 aliphatic carbocycles. The smallest absolute Gasteiger partial charge is 0.308 e. The highest BCUT2D eigenvalue weighted by atomic mass is 16.5. The van der Waals surface area contributed by atoms with E-state index in [1.54, 1.807) is 6.92 Å². The van der Waals surface area contributed by atoms with E-state index in [1.165, 1.54) is 7.11 Å². The minimum absolute atomic E-state index is 0.0157. The average Bonchev–Trinajstić information content (AvgIpc) is 2.35. The van der Waals surface area contributed by atoms with Crippen LogP contribution in [0.5, 0.6) is 0 Å². The molecular weight excluding hydrogens is 232 g/mol. The summed E-state index contributed by atoms with van der Waals surface area (Å²) < 4.78 is 9.98. The summed E-state index contributed by atoms with van der Waals surface area (Å²) in [5, 5.41) is 9.93. The van der Waals surface area contributed by atoms with Gasteiger partial charge in [-0.2, -0.15) is 0 Å². The highest BCUT2D eigenvalue weighted by molar-refractivity contribution is 5.70. The number of methoxy groups -OCH3 is 1. The number of aliphatic hydroxyl groups is 1. The minimum atomic E-state index is -1.08. The van der Waals surface area contributed by atoms with E-state index in [1.807, 2.05) is 30.3 Å². The molecule has 0 bridgehead atoms. The van der Waals surface area contributed by atoms with Crippen molar-refractivity contribution in [2.24, 2.45) is 0 Å². The van der Waals surface area contributed by atoms with Crippen molar-refractivity contribution < 1.29 is 19.4 Å². The van der Waals surface area contributed by atoms with Gasteiger partial charge in [-0.25, -0.2) is 0 Å². The lowest BCUT2D eigenvalue weighted by Gasteiger charge is -2.21. The largest absolute Gasteiger partial charge is 0.469 e. The van der Waals surface area contributed by atoms with Crippen LogP contribution in [0, 0.1) is 0 Å². The van der Waals surface area contributed by atoms with Gasteiger partial charge in [0.15, 0.2) is 0 Å². The van der Waals surface area contributed by atoms with Gasteiger partial charge in [0.1, 0.15) is 0 Å². The predicted molar refractivity (Wildman–Crippen MR) is 68.0 cm³/mol. The van der Waals surface area contributed by atoms with Crippen molar-refractivity contribution in [2.75, 3.05) is 13.7 Å². The zero-order valence-electron chi connectivity index (χ0n) is 10.9. The van der Waals surface area contributed by atoms with Crippen molar-refractivity contribution in [3.8, 4) is 0 Å². The second-order valence-electron chi connectivity index (χ2n) is 4.54. The molecule has 1 unspecified atom stereocenters. The number of benzene rings is 1. The molecule has 0 aliphatic rings. The lowest BCUT2D eigenvalue weighted by atomic mass is 9.99. The lowest BCUT2D eigenvalue weighted by molar-refractivity contribution is -0.146. The molecule has 0 aromatic heterocycles. The minimum Gasteiger partial charge on any atom is -0.469 e. The molecule has 0 aliphatic heterocycles. The Balaban J connectivity index is 2.23. The van der Waals surface area contributed by atoms with Gasteiger partial charge in [0.05, 0.1) is 25.7 Å². The predicted octanol–water partition coefficient (Wildman–Crippen LogP) is 1.91. The molecule has 1 aromatic rings. The Morgan fingerprint density at radius 1 is 1.33 bits per heavy atom. The van der Waals surface area contributed by atoms with Crippen LogP contribution >= 0.6 is 0 Å². The van der Waals surface area contributed by atoms with E-state index in [0.717, 1.165) is 5.56 Å². The number of rotatable bonds is 7. The fourth-order valence-corrected chi connectivity index (χ4v) is 1.53. The van der Waals surface area contributed by atoms with Gasteiger partial charge in [0.2, 0.25) is 0 Å².